The Hall–Kier alpha value is -3.98. The van der Waals surface area contributed by atoms with Gasteiger partial charge in [0.2, 0.25) is 0 Å². The lowest BCUT2D eigenvalue weighted by molar-refractivity contribution is -0.136. The van der Waals surface area contributed by atoms with Crippen LogP contribution < -0.4 is 15.2 Å². The van der Waals surface area contributed by atoms with Crippen molar-refractivity contribution in [3.05, 3.63) is 94.0 Å². The fourth-order valence-electron chi connectivity index (χ4n) is 3.82. The SMILES string of the molecule is COc1ccc(CN(C)C)c(OC)c1Cc1cccc(CCC(=O)O)c1.NC(=O)c1c(F)cccc1F. The highest BCUT2D eigenvalue weighted by molar-refractivity contribution is 5.93. The Balaban J connectivity index is 0.000000364. The maximum absolute atomic E-state index is 12.6. The highest BCUT2D eigenvalue weighted by Crippen LogP contribution is 2.35. The Labute approximate surface area is 215 Å². The zero-order valence-corrected chi connectivity index (χ0v) is 21.4. The maximum Gasteiger partial charge on any atom is 0.303 e. The summed E-state index contributed by atoms with van der Waals surface area (Å²) in [6.07, 6.45) is 1.32. The topological polar surface area (TPSA) is 102 Å². The molecule has 0 aliphatic carbocycles. The summed E-state index contributed by atoms with van der Waals surface area (Å²) in [5, 5.41) is 8.88. The number of nitrogens with two attached hydrogens (primary N) is 1. The second-order valence-electron chi connectivity index (χ2n) is 8.53. The molecule has 0 bridgehead atoms. The zero-order chi connectivity index (χ0) is 27.5. The Kier molecular flexibility index (Phi) is 11.0. The van der Waals surface area contributed by atoms with Crippen LogP contribution in [0.25, 0.3) is 0 Å². The first-order valence-corrected chi connectivity index (χ1v) is 11.5. The van der Waals surface area contributed by atoms with Crippen LogP contribution in [-0.4, -0.2) is 50.2 Å². The average molecular weight is 515 g/mol. The van der Waals surface area contributed by atoms with Crippen molar-refractivity contribution in [3.63, 3.8) is 0 Å². The lowest BCUT2D eigenvalue weighted by atomic mass is 9.97. The quantitative estimate of drug-likeness (QED) is 0.415. The lowest BCUT2D eigenvalue weighted by Crippen LogP contribution is -2.15. The van der Waals surface area contributed by atoms with Crippen molar-refractivity contribution in [1.29, 1.82) is 0 Å². The van der Waals surface area contributed by atoms with Crippen molar-refractivity contribution < 1.29 is 33.0 Å². The third-order valence-corrected chi connectivity index (χ3v) is 5.42. The molecule has 0 aliphatic rings. The Morgan fingerprint density at radius 1 is 0.946 bits per heavy atom. The van der Waals surface area contributed by atoms with Crippen LogP contribution in [0.4, 0.5) is 8.78 Å². The van der Waals surface area contributed by atoms with Gasteiger partial charge in [-0.1, -0.05) is 36.4 Å². The fraction of sp³-hybridized carbons (Fsp3) is 0.286. The minimum Gasteiger partial charge on any atom is -0.496 e. The van der Waals surface area contributed by atoms with Gasteiger partial charge in [0.15, 0.2) is 0 Å². The number of hydrogen-bond donors (Lipinski definition) is 2. The molecule has 3 aromatic carbocycles. The molecule has 3 rings (SSSR count). The normalized spacial score (nSPS) is 10.5. The van der Waals surface area contributed by atoms with Gasteiger partial charge in [0.1, 0.15) is 28.7 Å². The number of nitrogens with zero attached hydrogens (tertiary/aromatic N) is 1. The van der Waals surface area contributed by atoms with Gasteiger partial charge in [-0.3, -0.25) is 9.59 Å². The minimum absolute atomic E-state index is 0.133. The van der Waals surface area contributed by atoms with E-state index in [-0.39, 0.29) is 6.42 Å². The summed E-state index contributed by atoms with van der Waals surface area (Å²) < 4.78 is 36.4. The highest BCUT2D eigenvalue weighted by atomic mass is 19.1. The number of carbonyl (C=O) groups excluding carboxylic acids is 1. The molecule has 0 unspecified atom stereocenters. The smallest absolute Gasteiger partial charge is 0.303 e. The van der Waals surface area contributed by atoms with Crippen molar-refractivity contribution in [1.82, 2.24) is 4.90 Å². The van der Waals surface area contributed by atoms with E-state index >= 15 is 0 Å². The van der Waals surface area contributed by atoms with Crippen LogP contribution in [0.3, 0.4) is 0 Å². The molecular weight excluding hydrogens is 482 g/mol. The third-order valence-electron chi connectivity index (χ3n) is 5.42. The molecule has 3 N–H and O–H groups in total. The number of ether oxygens (including phenoxy) is 2. The minimum atomic E-state index is -1.10. The molecule has 0 saturated carbocycles. The number of methoxy groups -OCH3 is 2. The van der Waals surface area contributed by atoms with Crippen molar-refractivity contribution in [2.45, 2.75) is 25.8 Å². The van der Waals surface area contributed by atoms with Gasteiger partial charge < -0.3 is 25.2 Å². The van der Waals surface area contributed by atoms with Crippen LogP contribution >= 0.6 is 0 Å². The number of carboxylic acids is 1. The standard InChI is InChI=1S/C21H27NO4.C7H5F2NO/c1-22(2)14-17-9-10-19(25-3)18(21(17)26-4)13-16-7-5-6-15(12-16)8-11-20(23)24;8-4-2-1-3-5(9)6(4)7(10)11/h5-7,9-10,12H,8,11,13-14H2,1-4H3,(H,23,24);1-3H,(H2,10,11). The molecule has 0 fully saturated rings. The molecule has 0 radical (unpaired) electrons. The molecule has 0 saturated heterocycles. The van der Waals surface area contributed by atoms with E-state index in [0.717, 1.165) is 58.5 Å². The second-order valence-corrected chi connectivity index (χ2v) is 8.53. The number of hydrogen-bond acceptors (Lipinski definition) is 5. The predicted octanol–water partition coefficient (Wildman–Crippen LogP) is 4.44. The molecule has 0 atom stereocenters. The zero-order valence-electron chi connectivity index (χ0n) is 21.4. The Morgan fingerprint density at radius 2 is 1.57 bits per heavy atom. The molecule has 9 heteroatoms. The van der Waals surface area contributed by atoms with Gasteiger partial charge in [0, 0.05) is 30.5 Å². The first kappa shape index (κ1) is 29.3. The number of carbonyl (C=O) groups is 2. The van der Waals surface area contributed by atoms with E-state index in [4.69, 9.17) is 20.3 Å². The first-order chi connectivity index (χ1) is 17.6. The summed E-state index contributed by atoms with van der Waals surface area (Å²) in [7, 11) is 7.39. The Bertz CT molecular complexity index is 1210. The van der Waals surface area contributed by atoms with Crippen molar-refractivity contribution in [2.24, 2.45) is 5.73 Å². The summed E-state index contributed by atoms with van der Waals surface area (Å²) >= 11 is 0. The molecule has 1 amide bonds. The van der Waals surface area contributed by atoms with Crippen molar-refractivity contribution >= 4 is 11.9 Å². The van der Waals surface area contributed by atoms with E-state index < -0.39 is 29.1 Å². The summed E-state index contributed by atoms with van der Waals surface area (Å²) in [4.78, 5) is 23.3. The van der Waals surface area contributed by atoms with Crippen LogP contribution in [-0.2, 0) is 24.2 Å². The van der Waals surface area contributed by atoms with Gasteiger partial charge in [0.25, 0.3) is 5.91 Å². The lowest BCUT2D eigenvalue weighted by Gasteiger charge is -2.19. The van der Waals surface area contributed by atoms with Crippen molar-refractivity contribution in [3.8, 4) is 11.5 Å². The van der Waals surface area contributed by atoms with Crippen LogP contribution in [0, 0.1) is 11.6 Å². The van der Waals surface area contributed by atoms with Gasteiger partial charge in [-0.05, 0) is 49.8 Å². The number of halogens is 2. The van der Waals surface area contributed by atoms with Crippen LogP contribution in [0.15, 0.2) is 54.6 Å². The number of rotatable bonds is 10. The van der Waals surface area contributed by atoms with Gasteiger partial charge in [0.05, 0.1) is 14.2 Å². The number of amides is 1. The summed E-state index contributed by atoms with van der Waals surface area (Å²) in [5.74, 6) is -2.11. The van der Waals surface area contributed by atoms with E-state index in [1.54, 1.807) is 14.2 Å². The van der Waals surface area contributed by atoms with E-state index in [1.807, 2.05) is 44.4 Å². The van der Waals surface area contributed by atoms with Crippen LogP contribution in [0.5, 0.6) is 11.5 Å². The first-order valence-electron chi connectivity index (χ1n) is 11.5. The summed E-state index contributed by atoms with van der Waals surface area (Å²) in [6, 6.07) is 15.2. The van der Waals surface area contributed by atoms with Crippen LogP contribution in [0.2, 0.25) is 0 Å². The molecule has 0 aliphatic heterocycles. The van der Waals surface area contributed by atoms with Gasteiger partial charge in [-0.2, -0.15) is 0 Å². The third kappa shape index (κ3) is 8.57. The molecule has 37 heavy (non-hydrogen) atoms. The van der Waals surface area contributed by atoms with Gasteiger partial charge >= 0.3 is 5.97 Å². The van der Waals surface area contributed by atoms with Crippen molar-refractivity contribution in [2.75, 3.05) is 28.3 Å². The number of primary amides is 1. The van der Waals surface area contributed by atoms with E-state index in [9.17, 15) is 18.4 Å². The van der Waals surface area contributed by atoms with Crippen LogP contribution in [0.1, 0.15) is 39.0 Å². The highest BCUT2D eigenvalue weighted by Gasteiger charge is 2.16. The van der Waals surface area contributed by atoms with Gasteiger partial charge in [-0.25, -0.2) is 8.78 Å². The molecule has 3 aromatic rings. The number of aryl methyl sites for hydroxylation is 1. The maximum atomic E-state index is 12.6. The summed E-state index contributed by atoms with van der Waals surface area (Å²) in [5.41, 5.74) is 8.24. The predicted molar refractivity (Wildman–Crippen MR) is 137 cm³/mol. The monoisotopic (exact) mass is 514 g/mol. The molecule has 0 heterocycles. The Morgan fingerprint density at radius 3 is 2.08 bits per heavy atom. The molecule has 0 spiro atoms. The average Bonchev–Trinajstić information content (AvgIpc) is 2.83. The molecule has 0 aromatic heterocycles. The van der Waals surface area contributed by atoms with E-state index in [1.165, 1.54) is 0 Å². The van der Waals surface area contributed by atoms with E-state index in [2.05, 4.69) is 11.0 Å². The number of benzene rings is 3. The van der Waals surface area contributed by atoms with E-state index in [0.29, 0.717) is 12.8 Å². The molecule has 7 nitrogen and oxygen atoms in total. The van der Waals surface area contributed by atoms with Gasteiger partial charge in [-0.15, -0.1) is 0 Å². The summed E-state index contributed by atoms with van der Waals surface area (Å²) in [6.45, 7) is 0.777. The fourth-order valence-corrected chi connectivity index (χ4v) is 3.82. The number of aliphatic carboxylic acids is 1. The second kappa shape index (κ2) is 13.9. The molecular formula is C28H32F2N2O5. The largest absolute Gasteiger partial charge is 0.496 e. The molecule has 198 valence electrons. The number of carboxylic acid groups (broad SMARTS) is 1.